The summed E-state index contributed by atoms with van der Waals surface area (Å²) < 4.78 is 5.64. The van der Waals surface area contributed by atoms with Crippen molar-refractivity contribution in [2.75, 3.05) is 6.61 Å². The maximum absolute atomic E-state index is 10.3. The van der Waals surface area contributed by atoms with Crippen molar-refractivity contribution in [3.05, 3.63) is 57.3 Å². The molecule has 1 aliphatic rings. The molecule has 1 aromatic carbocycles. The Morgan fingerprint density at radius 2 is 1.76 bits per heavy atom. The second kappa shape index (κ2) is 7.95. The van der Waals surface area contributed by atoms with Crippen LogP contribution in [0.25, 0.3) is 0 Å². The van der Waals surface area contributed by atoms with Crippen LogP contribution in [-0.2, 0) is 17.6 Å². The Balaban J connectivity index is 1.80. The van der Waals surface area contributed by atoms with Gasteiger partial charge in [-0.15, -0.1) is 11.3 Å². The van der Waals surface area contributed by atoms with Crippen LogP contribution in [0, 0.1) is 0 Å². The zero-order valence-electron chi connectivity index (χ0n) is 14.1. The number of aliphatic hydroxyl groups excluding tert-OH is 4. The van der Waals surface area contributed by atoms with Crippen molar-refractivity contribution in [2.45, 2.75) is 50.3 Å². The smallest absolute Gasteiger partial charge is 0.113 e. The molecule has 0 bridgehead atoms. The van der Waals surface area contributed by atoms with E-state index in [-0.39, 0.29) is 0 Å². The van der Waals surface area contributed by atoms with Gasteiger partial charge in [0.05, 0.1) is 6.61 Å². The molecular weight excluding hydrogens is 340 g/mol. The molecule has 0 amide bonds. The lowest BCUT2D eigenvalue weighted by atomic mass is 9.90. The van der Waals surface area contributed by atoms with Gasteiger partial charge in [0.1, 0.15) is 30.5 Å². The summed E-state index contributed by atoms with van der Waals surface area (Å²) in [5, 5.41) is 39.5. The molecule has 6 heteroatoms. The van der Waals surface area contributed by atoms with Gasteiger partial charge in [-0.25, -0.2) is 0 Å². The van der Waals surface area contributed by atoms with Crippen molar-refractivity contribution >= 4 is 11.3 Å². The molecule has 2 heterocycles. The molecule has 0 spiro atoms. The summed E-state index contributed by atoms with van der Waals surface area (Å²) >= 11 is 1.79. The number of ether oxygens (including phenoxy) is 1. The van der Waals surface area contributed by atoms with Crippen molar-refractivity contribution in [2.24, 2.45) is 0 Å². The molecule has 2 aromatic rings. The van der Waals surface area contributed by atoms with Crippen LogP contribution in [0.2, 0.25) is 0 Å². The van der Waals surface area contributed by atoms with E-state index in [2.05, 4.69) is 19.1 Å². The van der Waals surface area contributed by atoms with E-state index in [0.29, 0.717) is 0 Å². The second-order valence-electron chi connectivity index (χ2n) is 6.39. The molecular formula is C19H24O5S. The van der Waals surface area contributed by atoms with Gasteiger partial charge in [-0.1, -0.05) is 31.2 Å². The van der Waals surface area contributed by atoms with Gasteiger partial charge in [0.2, 0.25) is 0 Å². The minimum absolute atomic E-state index is 0.421. The first-order valence-corrected chi connectivity index (χ1v) is 9.32. The summed E-state index contributed by atoms with van der Waals surface area (Å²) in [6.45, 7) is 1.71. The lowest BCUT2D eigenvalue weighted by Crippen LogP contribution is -2.55. The van der Waals surface area contributed by atoms with Gasteiger partial charge in [0.25, 0.3) is 0 Å². The average molecular weight is 364 g/mol. The highest BCUT2D eigenvalue weighted by atomic mass is 32.1. The number of aryl methyl sites for hydroxylation is 1. The largest absolute Gasteiger partial charge is 0.394 e. The van der Waals surface area contributed by atoms with Gasteiger partial charge in [-0.2, -0.15) is 0 Å². The van der Waals surface area contributed by atoms with E-state index in [4.69, 9.17) is 4.74 Å². The Morgan fingerprint density at radius 3 is 2.44 bits per heavy atom. The first kappa shape index (κ1) is 18.5. The van der Waals surface area contributed by atoms with Gasteiger partial charge in [0.15, 0.2) is 0 Å². The van der Waals surface area contributed by atoms with E-state index >= 15 is 0 Å². The molecule has 136 valence electrons. The Labute approximate surface area is 151 Å². The zero-order valence-corrected chi connectivity index (χ0v) is 14.9. The first-order valence-electron chi connectivity index (χ1n) is 8.50. The van der Waals surface area contributed by atoms with Crippen molar-refractivity contribution < 1.29 is 25.2 Å². The summed E-state index contributed by atoms with van der Waals surface area (Å²) in [4.78, 5) is 2.61. The maximum atomic E-state index is 10.3. The predicted octanol–water partition coefficient (Wildman–Crippen LogP) is 1.42. The Morgan fingerprint density at radius 1 is 1.00 bits per heavy atom. The van der Waals surface area contributed by atoms with E-state index in [1.165, 1.54) is 9.75 Å². The third-order valence-corrected chi connectivity index (χ3v) is 5.85. The molecule has 0 radical (unpaired) electrons. The molecule has 0 saturated carbocycles. The number of rotatable bonds is 5. The summed E-state index contributed by atoms with van der Waals surface area (Å²) in [7, 11) is 0. The van der Waals surface area contributed by atoms with Crippen LogP contribution in [0.1, 0.15) is 33.9 Å². The molecule has 1 aromatic heterocycles. The zero-order chi connectivity index (χ0) is 18.0. The summed E-state index contributed by atoms with van der Waals surface area (Å²) in [5.41, 5.74) is 1.81. The lowest BCUT2D eigenvalue weighted by molar-refractivity contribution is -0.231. The third-order valence-electron chi connectivity index (χ3n) is 4.62. The molecule has 1 aliphatic heterocycles. The number of benzene rings is 1. The molecule has 25 heavy (non-hydrogen) atoms. The van der Waals surface area contributed by atoms with Crippen LogP contribution in [0.4, 0.5) is 0 Å². The SMILES string of the molecule is CCc1ccc(Cc2cccc([C@@H]3O[C@H](CO)[C@@H](O)[C@H](O)[C@H]3O)c2)s1. The minimum atomic E-state index is -1.36. The summed E-state index contributed by atoms with van der Waals surface area (Å²) in [6.07, 6.45) is -3.81. The van der Waals surface area contributed by atoms with Crippen LogP contribution in [-0.4, -0.2) is 51.4 Å². The lowest BCUT2D eigenvalue weighted by Gasteiger charge is -2.40. The number of hydrogen-bond acceptors (Lipinski definition) is 6. The van der Waals surface area contributed by atoms with Crippen molar-refractivity contribution in [1.29, 1.82) is 0 Å². The normalized spacial score (nSPS) is 29.7. The van der Waals surface area contributed by atoms with E-state index < -0.39 is 37.1 Å². The molecule has 5 nitrogen and oxygen atoms in total. The number of thiophene rings is 1. The van der Waals surface area contributed by atoms with E-state index in [0.717, 1.165) is 24.0 Å². The highest BCUT2D eigenvalue weighted by molar-refractivity contribution is 7.12. The van der Waals surface area contributed by atoms with Gasteiger partial charge in [0, 0.05) is 16.2 Å². The number of hydrogen-bond donors (Lipinski definition) is 4. The highest BCUT2D eigenvalue weighted by Crippen LogP contribution is 2.33. The van der Waals surface area contributed by atoms with Crippen LogP contribution in [0.5, 0.6) is 0 Å². The molecule has 0 unspecified atom stereocenters. The standard InChI is InChI=1S/C19H24O5S/c1-2-13-6-7-14(25-13)9-11-4-3-5-12(8-11)19-18(23)17(22)16(21)15(10-20)24-19/h3-8,15-23H,2,9-10H2,1H3/t15-,16-,17+,18-,19+/m1/s1. The highest BCUT2D eigenvalue weighted by Gasteiger charge is 2.43. The average Bonchev–Trinajstić information content (AvgIpc) is 3.08. The first-order chi connectivity index (χ1) is 12.0. The molecule has 3 rings (SSSR count). The van der Waals surface area contributed by atoms with Crippen LogP contribution >= 0.6 is 11.3 Å². The Bertz CT molecular complexity index is 699. The van der Waals surface area contributed by atoms with Crippen molar-refractivity contribution in [1.82, 2.24) is 0 Å². The summed E-state index contributed by atoms with van der Waals surface area (Å²) in [6, 6.07) is 11.9. The maximum Gasteiger partial charge on any atom is 0.113 e. The summed E-state index contributed by atoms with van der Waals surface area (Å²) in [5.74, 6) is 0. The van der Waals surface area contributed by atoms with Crippen LogP contribution in [0.15, 0.2) is 36.4 Å². The fourth-order valence-electron chi connectivity index (χ4n) is 3.17. The second-order valence-corrected chi connectivity index (χ2v) is 7.65. The topological polar surface area (TPSA) is 90.2 Å². The molecule has 1 fully saturated rings. The fraction of sp³-hybridized carbons (Fsp3) is 0.474. The van der Waals surface area contributed by atoms with E-state index in [9.17, 15) is 20.4 Å². The predicted molar refractivity (Wildman–Crippen MR) is 95.7 cm³/mol. The number of aliphatic hydroxyl groups is 4. The Hall–Kier alpha value is -1.28. The van der Waals surface area contributed by atoms with E-state index in [1.807, 2.05) is 24.3 Å². The van der Waals surface area contributed by atoms with Crippen molar-refractivity contribution in [3.8, 4) is 0 Å². The van der Waals surface area contributed by atoms with Gasteiger partial charge in [-0.05, 0) is 29.7 Å². The van der Waals surface area contributed by atoms with Crippen LogP contribution in [0.3, 0.4) is 0 Å². The van der Waals surface area contributed by atoms with Gasteiger partial charge < -0.3 is 25.2 Å². The van der Waals surface area contributed by atoms with Gasteiger partial charge >= 0.3 is 0 Å². The molecule has 5 atom stereocenters. The molecule has 4 N–H and O–H groups in total. The van der Waals surface area contributed by atoms with Crippen LogP contribution < -0.4 is 0 Å². The quantitative estimate of drug-likeness (QED) is 0.644. The Kier molecular flexibility index (Phi) is 5.89. The fourth-order valence-corrected chi connectivity index (χ4v) is 4.16. The molecule has 0 aliphatic carbocycles. The monoisotopic (exact) mass is 364 g/mol. The van der Waals surface area contributed by atoms with E-state index in [1.54, 1.807) is 11.3 Å². The van der Waals surface area contributed by atoms with Crippen molar-refractivity contribution in [3.63, 3.8) is 0 Å². The minimum Gasteiger partial charge on any atom is -0.394 e. The third kappa shape index (κ3) is 3.95. The van der Waals surface area contributed by atoms with Gasteiger partial charge in [-0.3, -0.25) is 0 Å². The molecule has 1 saturated heterocycles.